The molecule has 3 heterocycles. The Bertz CT molecular complexity index is 1700. The van der Waals surface area contributed by atoms with Crippen molar-refractivity contribution in [2.24, 2.45) is 20.4 Å². The fourth-order valence-electron chi connectivity index (χ4n) is 5.00. The van der Waals surface area contributed by atoms with E-state index in [1.165, 1.54) is 0 Å². The van der Waals surface area contributed by atoms with E-state index in [4.69, 9.17) is 14.7 Å². The number of nitrogens with one attached hydrogen (secondary N) is 3. The first-order valence-corrected chi connectivity index (χ1v) is 15.4. The van der Waals surface area contributed by atoms with Crippen molar-refractivity contribution in [3.63, 3.8) is 0 Å². The standard InChI is InChI=1S/C36H45N9O/c1-10-31(13-11-12-30(16-23(2)3)26(6)43-44-37-9)42-27(7)32-18-34(45-21-24(4)41-36(45)20-39-32)28(8)38-19-29-14-15-35-33(17-29)40-25(5)22-46-35/h11-12,14-18,21,31,38,40,42H,2,5,7-8,10,13,19-20,22H2,1,3-4,6,9H3/b12-11-,30-16+,43-26+,44-37?/t31-/m0/s1. The molecule has 2 aromatic rings. The van der Waals surface area contributed by atoms with Gasteiger partial charge in [-0.1, -0.05) is 63.1 Å². The summed E-state index contributed by atoms with van der Waals surface area (Å²) < 4.78 is 7.79. The molecule has 0 bridgehead atoms. The number of aryl methyl sites for hydroxylation is 1. The van der Waals surface area contributed by atoms with Crippen LogP contribution in [0.2, 0.25) is 0 Å². The lowest BCUT2D eigenvalue weighted by Crippen LogP contribution is -2.30. The highest BCUT2D eigenvalue weighted by molar-refractivity contribution is 6.11. The number of rotatable bonds is 14. The van der Waals surface area contributed by atoms with Gasteiger partial charge in [0, 0.05) is 24.5 Å². The summed E-state index contributed by atoms with van der Waals surface area (Å²) in [6, 6.07) is 6.22. The fraction of sp³-hybridized carbons (Fsp3) is 0.306. The molecule has 3 N–H and O–H groups in total. The van der Waals surface area contributed by atoms with E-state index in [-0.39, 0.29) is 6.04 Å². The number of anilines is 1. The minimum atomic E-state index is 0.142. The fourth-order valence-corrected chi connectivity index (χ4v) is 5.00. The lowest BCUT2D eigenvalue weighted by atomic mass is 10.1. The molecule has 1 aromatic heterocycles. The van der Waals surface area contributed by atoms with E-state index in [2.05, 4.69) is 81.3 Å². The minimum absolute atomic E-state index is 0.142. The molecule has 0 unspecified atom stereocenters. The Morgan fingerprint density at radius 3 is 2.76 bits per heavy atom. The Kier molecular flexibility index (Phi) is 11.4. The predicted octanol–water partition coefficient (Wildman–Crippen LogP) is 7.40. The van der Waals surface area contributed by atoms with Crippen molar-refractivity contribution >= 4 is 22.8 Å². The summed E-state index contributed by atoms with van der Waals surface area (Å²) in [5.74, 6) is 1.66. The average molecular weight is 620 g/mol. The Morgan fingerprint density at radius 2 is 2.02 bits per heavy atom. The topological polar surface area (TPSA) is 113 Å². The molecule has 1 atom stereocenters. The summed E-state index contributed by atoms with van der Waals surface area (Å²) in [5, 5.41) is 22.0. The zero-order chi connectivity index (χ0) is 33.2. The molecule has 1 aromatic carbocycles. The molecule has 0 aliphatic carbocycles. The number of hydrogen-bond acceptors (Lipinski definition) is 8. The first-order chi connectivity index (χ1) is 22.1. The molecule has 10 heteroatoms. The van der Waals surface area contributed by atoms with E-state index < -0.39 is 0 Å². The van der Waals surface area contributed by atoms with Crippen LogP contribution in [-0.2, 0) is 13.1 Å². The van der Waals surface area contributed by atoms with E-state index in [1.54, 1.807) is 7.05 Å². The summed E-state index contributed by atoms with van der Waals surface area (Å²) in [6.07, 6.45) is 11.9. The third kappa shape index (κ3) is 8.90. The van der Waals surface area contributed by atoms with Crippen LogP contribution in [0.1, 0.15) is 50.7 Å². The van der Waals surface area contributed by atoms with Gasteiger partial charge in [-0.05, 0) is 68.2 Å². The summed E-state index contributed by atoms with van der Waals surface area (Å²) in [7, 11) is 1.60. The van der Waals surface area contributed by atoms with Crippen molar-refractivity contribution in [1.29, 1.82) is 0 Å². The van der Waals surface area contributed by atoms with Crippen molar-refractivity contribution in [2.45, 2.75) is 59.7 Å². The van der Waals surface area contributed by atoms with Crippen molar-refractivity contribution in [1.82, 2.24) is 20.2 Å². The van der Waals surface area contributed by atoms with Gasteiger partial charge in [-0.25, -0.2) is 4.98 Å². The number of benzene rings is 1. The second-order valence-electron chi connectivity index (χ2n) is 11.4. The number of hydrogen-bond donors (Lipinski definition) is 3. The van der Waals surface area contributed by atoms with Crippen LogP contribution in [-0.4, -0.2) is 40.7 Å². The average Bonchev–Trinajstić information content (AvgIpc) is 3.30. The van der Waals surface area contributed by atoms with Gasteiger partial charge in [0.1, 0.15) is 18.2 Å². The van der Waals surface area contributed by atoms with E-state index in [1.807, 2.05) is 57.3 Å². The van der Waals surface area contributed by atoms with Crippen molar-refractivity contribution in [3.8, 4) is 5.75 Å². The number of imidazole rings is 1. The van der Waals surface area contributed by atoms with Crippen LogP contribution < -0.4 is 20.7 Å². The van der Waals surface area contributed by atoms with E-state index in [0.29, 0.717) is 19.7 Å². The summed E-state index contributed by atoms with van der Waals surface area (Å²) in [4.78, 5) is 9.61. The van der Waals surface area contributed by atoms with Crippen LogP contribution in [0, 0.1) is 6.92 Å². The van der Waals surface area contributed by atoms with Crippen LogP contribution in [0.5, 0.6) is 5.75 Å². The van der Waals surface area contributed by atoms with Gasteiger partial charge in [0.05, 0.1) is 53.5 Å². The molecule has 2 aliphatic rings. The number of allylic oxidation sites excluding steroid dienone is 6. The minimum Gasteiger partial charge on any atom is -0.485 e. The molecular formula is C36H45N9O. The van der Waals surface area contributed by atoms with E-state index in [0.717, 1.165) is 86.7 Å². The number of ether oxygens (including phenoxy) is 1. The first-order valence-electron chi connectivity index (χ1n) is 15.4. The molecule has 0 spiro atoms. The molecular weight excluding hydrogens is 574 g/mol. The summed E-state index contributed by atoms with van der Waals surface area (Å²) >= 11 is 0. The Morgan fingerprint density at radius 1 is 1.22 bits per heavy atom. The van der Waals surface area contributed by atoms with Crippen LogP contribution >= 0.6 is 0 Å². The summed E-state index contributed by atoms with van der Waals surface area (Å²) in [5.41, 5.74) is 9.50. The van der Waals surface area contributed by atoms with Gasteiger partial charge in [0.2, 0.25) is 0 Å². The molecule has 4 rings (SSSR count). The number of nitrogens with zero attached hydrogens (tertiary/aromatic N) is 6. The third-order valence-electron chi connectivity index (χ3n) is 7.40. The highest BCUT2D eigenvalue weighted by atomic mass is 16.5. The van der Waals surface area contributed by atoms with Gasteiger partial charge in [0.15, 0.2) is 0 Å². The Hall–Kier alpha value is -5.25. The highest BCUT2D eigenvalue weighted by Gasteiger charge is 2.19. The van der Waals surface area contributed by atoms with Gasteiger partial charge in [0.25, 0.3) is 0 Å². The smallest absolute Gasteiger partial charge is 0.143 e. The first kappa shape index (κ1) is 33.6. The largest absolute Gasteiger partial charge is 0.485 e. The second kappa shape index (κ2) is 15.7. The quantitative estimate of drug-likeness (QED) is 0.0883. The van der Waals surface area contributed by atoms with Crippen molar-refractivity contribution in [2.75, 3.05) is 19.0 Å². The zero-order valence-corrected chi connectivity index (χ0v) is 27.7. The maximum atomic E-state index is 5.74. The van der Waals surface area contributed by atoms with Crippen LogP contribution in [0.25, 0.3) is 5.70 Å². The highest BCUT2D eigenvalue weighted by Crippen LogP contribution is 2.31. The monoisotopic (exact) mass is 619 g/mol. The molecule has 0 saturated carbocycles. The maximum Gasteiger partial charge on any atom is 0.143 e. The zero-order valence-electron chi connectivity index (χ0n) is 27.7. The predicted molar refractivity (Wildman–Crippen MR) is 190 cm³/mol. The van der Waals surface area contributed by atoms with Gasteiger partial charge >= 0.3 is 0 Å². The third-order valence-corrected chi connectivity index (χ3v) is 7.40. The Labute approximate surface area is 272 Å². The van der Waals surface area contributed by atoms with Crippen molar-refractivity contribution in [3.05, 3.63) is 120 Å². The number of aliphatic imine (C=N–C) groups is 1. The number of aromatic nitrogens is 2. The van der Waals surface area contributed by atoms with E-state index >= 15 is 0 Å². The van der Waals surface area contributed by atoms with Crippen molar-refractivity contribution < 1.29 is 4.74 Å². The molecule has 0 amide bonds. The lowest BCUT2D eigenvalue weighted by molar-refractivity contribution is 0.346. The number of fused-ring (bicyclic) bond motifs is 2. The van der Waals surface area contributed by atoms with Gasteiger partial charge in [-0.2, -0.15) is 5.11 Å². The molecule has 0 radical (unpaired) electrons. The van der Waals surface area contributed by atoms with Crippen LogP contribution in [0.15, 0.2) is 124 Å². The summed E-state index contributed by atoms with van der Waals surface area (Å²) in [6.45, 7) is 26.2. The molecule has 46 heavy (non-hydrogen) atoms. The van der Waals surface area contributed by atoms with Crippen LogP contribution in [0.4, 0.5) is 5.69 Å². The molecule has 10 nitrogen and oxygen atoms in total. The molecule has 2 aliphatic heterocycles. The SMILES string of the molecule is C=C(C)/C=C(\C=C/C[C@H](CC)NC(=C)C1=NCc2nc(C)cn2C(C(=C)NCc2ccc3c(c2)NC(=C)CO3)=C1)C(/C)=N/N=NC. The lowest BCUT2D eigenvalue weighted by Gasteiger charge is -2.22. The van der Waals surface area contributed by atoms with E-state index in [9.17, 15) is 0 Å². The maximum absolute atomic E-state index is 5.74. The van der Waals surface area contributed by atoms with Gasteiger partial charge in [-0.15, -0.1) is 5.10 Å². The van der Waals surface area contributed by atoms with Crippen LogP contribution in [0.3, 0.4) is 0 Å². The molecule has 0 saturated heterocycles. The normalized spacial score (nSPS) is 15.6. The van der Waals surface area contributed by atoms with Gasteiger partial charge < -0.3 is 20.7 Å². The van der Waals surface area contributed by atoms with Gasteiger partial charge in [-0.3, -0.25) is 9.56 Å². The molecule has 240 valence electrons. The second-order valence-corrected chi connectivity index (χ2v) is 11.4. The molecule has 0 fully saturated rings. The Balaban J connectivity index is 1.48.